The summed E-state index contributed by atoms with van der Waals surface area (Å²) in [6.07, 6.45) is 0. The topological polar surface area (TPSA) is 77.2 Å². The number of nitrogens with zero attached hydrogens (tertiary/aromatic N) is 3. The van der Waals surface area contributed by atoms with Crippen LogP contribution in [0.25, 0.3) is 0 Å². The van der Waals surface area contributed by atoms with Gasteiger partial charge in [0, 0.05) is 6.04 Å². The second kappa shape index (κ2) is 4.88. The van der Waals surface area contributed by atoms with Crippen LogP contribution in [-0.4, -0.2) is 32.4 Å². The van der Waals surface area contributed by atoms with Crippen LogP contribution in [0.4, 0.5) is 0 Å². The van der Waals surface area contributed by atoms with E-state index in [2.05, 4.69) is 10.2 Å². The van der Waals surface area contributed by atoms with E-state index in [1.54, 1.807) is 0 Å². The van der Waals surface area contributed by atoms with Crippen LogP contribution in [0.15, 0.2) is 0 Å². The van der Waals surface area contributed by atoms with Crippen LogP contribution in [0.2, 0.25) is 0 Å². The van der Waals surface area contributed by atoms with Gasteiger partial charge in [0.25, 0.3) is 0 Å². The Labute approximate surface area is 87.9 Å². The Morgan fingerprint density at radius 2 is 2.20 bits per heavy atom. The predicted octanol–water partition coefficient (Wildman–Crippen LogP) is 0.769. The third-order valence-electron chi connectivity index (χ3n) is 1.91. The summed E-state index contributed by atoms with van der Waals surface area (Å²) in [6, 6.07) is 0.239. The molecule has 1 rings (SSSR count). The Morgan fingerprint density at radius 1 is 1.53 bits per heavy atom. The standard InChI is InChI=1S/C9H15N3O3/c1-6(2)12-7(3)10-11-8(12)4-15-5-9(13)14/h6H,4-5H2,1-3H3,(H,13,14). The normalized spacial score (nSPS) is 10.9. The van der Waals surface area contributed by atoms with Crippen molar-refractivity contribution in [1.29, 1.82) is 0 Å². The molecule has 1 aromatic rings. The van der Waals surface area contributed by atoms with E-state index >= 15 is 0 Å². The first-order chi connectivity index (χ1) is 7.02. The number of aryl methyl sites for hydroxylation is 1. The molecule has 0 radical (unpaired) electrons. The second-order valence-electron chi connectivity index (χ2n) is 3.51. The Bertz CT molecular complexity index is 346. The molecule has 6 nitrogen and oxygen atoms in total. The Morgan fingerprint density at radius 3 is 2.73 bits per heavy atom. The maximum absolute atomic E-state index is 10.2. The molecule has 1 aromatic heterocycles. The molecule has 1 N–H and O–H groups in total. The van der Waals surface area contributed by atoms with Crippen LogP contribution in [0.5, 0.6) is 0 Å². The monoisotopic (exact) mass is 213 g/mol. The molecule has 0 aliphatic rings. The van der Waals surface area contributed by atoms with Crippen LogP contribution in [0, 0.1) is 6.92 Å². The van der Waals surface area contributed by atoms with E-state index in [9.17, 15) is 4.79 Å². The number of hydrogen-bond acceptors (Lipinski definition) is 4. The average molecular weight is 213 g/mol. The molecule has 0 bridgehead atoms. The van der Waals surface area contributed by atoms with E-state index in [1.807, 2.05) is 25.3 Å². The predicted molar refractivity (Wildman–Crippen MR) is 52.4 cm³/mol. The summed E-state index contributed by atoms with van der Waals surface area (Å²) in [5, 5.41) is 16.3. The van der Waals surface area contributed by atoms with Crippen molar-refractivity contribution in [3.05, 3.63) is 11.6 Å². The van der Waals surface area contributed by atoms with Crippen molar-refractivity contribution < 1.29 is 14.6 Å². The van der Waals surface area contributed by atoms with Crippen LogP contribution >= 0.6 is 0 Å². The number of carboxylic acids is 1. The van der Waals surface area contributed by atoms with Crippen molar-refractivity contribution in [2.24, 2.45) is 0 Å². The fourth-order valence-electron chi connectivity index (χ4n) is 1.41. The van der Waals surface area contributed by atoms with Gasteiger partial charge in [-0.25, -0.2) is 4.79 Å². The molecule has 6 heteroatoms. The average Bonchev–Trinajstić information content (AvgIpc) is 2.46. The number of carboxylic acid groups (broad SMARTS) is 1. The molecule has 0 saturated carbocycles. The summed E-state index contributed by atoms with van der Waals surface area (Å²) in [5.41, 5.74) is 0. The molecule has 1 heterocycles. The highest BCUT2D eigenvalue weighted by molar-refractivity contribution is 5.67. The van der Waals surface area contributed by atoms with Gasteiger partial charge in [-0.2, -0.15) is 0 Å². The number of ether oxygens (including phenoxy) is 1. The summed E-state index contributed by atoms with van der Waals surface area (Å²) in [5.74, 6) is 0.477. The van der Waals surface area contributed by atoms with Gasteiger partial charge in [-0.05, 0) is 20.8 Å². The highest BCUT2D eigenvalue weighted by Crippen LogP contribution is 2.11. The third kappa shape index (κ3) is 3.02. The van der Waals surface area contributed by atoms with E-state index in [4.69, 9.17) is 9.84 Å². The lowest BCUT2D eigenvalue weighted by Crippen LogP contribution is -2.12. The summed E-state index contributed by atoms with van der Waals surface area (Å²) in [7, 11) is 0. The zero-order chi connectivity index (χ0) is 11.4. The molecular formula is C9H15N3O3. The Hall–Kier alpha value is -1.43. The summed E-state index contributed by atoms with van der Waals surface area (Å²) in [4.78, 5) is 10.2. The smallest absolute Gasteiger partial charge is 0.329 e. The maximum atomic E-state index is 10.2. The number of hydrogen-bond donors (Lipinski definition) is 1. The first kappa shape index (κ1) is 11.6. The Balaban J connectivity index is 2.64. The van der Waals surface area contributed by atoms with Gasteiger partial charge in [-0.3, -0.25) is 0 Å². The molecule has 0 unspecified atom stereocenters. The van der Waals surface area contributed by atoms with Crippen molar-refractivity contribution in [3.8, 4) is 0 Å². The number of carbonyl (C=O) groups is 1. The number of aromatic nitrogens is 3. The van der Waals surface area contributed by atoms with Gasteiger partial charge in [0.2, 0.25) is 0 Å². The zero-order valence-electron chi connectivity index (χ0n) is 9.10. The van der Waals surface area contributed by atoms with Gasteiger partial charge in [0.1, 0.15) is 19.0 Å². The summed E-state index contributed by atoms with van der Waals surface area (Å²) < 4.78 is 6.88. The van der Waals surface area contributed by atoms with Crippen LogP contribution < -0.4 is 0 Å². The molecule has 0 aliphatic heterocycles. The number of rotatable bonds is 5. The van der Waals surface area contributed by atoms with Crippen molar-refractivity contribution in [3.63, 3.8) is 0 Å². The van der Waals surface area contributed by atoms with Gasteiger partial charge < -0.3 is 14.4 Å². The molecule has 0 aromatic carbocycles. The van der Waals surface area contributed by atoms with E-state index in [1.165, 1.54) is 0 Å². The quantitative estimate of drug-likeness (QED) is 0.781. The lowest BCUT2D eigenvalue weighted by Gasteiger charge is -2.11. The van der Waals surface area contributed by atoms with Crippen molar-refractivity contribution >= 4 is 5.97 Å². The van der Waals surface area contributed by atoms with E-state index in [-0.39, 0.29) is 19.3 Å². The van der Waals surface area contributed by atoms with Crippen LogP contribution in [0.1, 0.15) is 31.5 Å². The van der Waals surface area contributed by atoms with Crippen LogP contribution in [0.3, 0.4) is 0 Å². The van der Waals surface area contributed by atoms with Crippen molar-refractivity contribution in [2.45, 2.75) is 33.4 Å². The van der Waals surface area contributed by atoms with Crippen molar-refractivity contribution in [1.82, 2.24) is 14.8 Å². The molecule has 84 valence electrons. The molecule has 0 spiro atoms. The molecular weight excluding hydrogens is 198 g/mol. The lowest BCUT2D eigenvalue weighted by atomic mass is 10.3. The highest BCUT2D eigenvalue weighted by atomic mass is 16.5. The molecule has 0 atom stereocenters. The lowest BCUT2D eigenvalue weighted by molar-refractivity contribution is -0.142. The minimum absolute atomic E-state index is 0.172. The van der Waals surface area contributed by atoms with Gasteiger partial charge >= 0.3 is 5.97 Å². The fraction of sp³-hybridized carbons (Fsp3) is 0.667. The van der Waals surface area contributed by atoms with Crippen molar-refractivity contribution in [2.75, 3.05) is 6.61 Å². The van der Waals surface area contributed by atoms with E-state index < -0.39 is 5.97 Å². The maximum Gasteiger partial charge on any atom is 0.329 e. The first-order valence-corrected chi connectivity index (χ1v) is 4.72. The number of aliphatic carboxylic acids is 1. The third-order valence-corrected chi connectivity index (χ3v) is 1.91. The highest BCUT2D eigenvalue weighted by Gasteiger charge is 2.11. The molecule has 0 fully saturated rings. The molecule has 0 amide bonds. The second-order valence-corrected chi connectivity index (χ2v) is 3.51. The van der Waals surface area contributed by atoms with Gasteiger partial charge in [-0.1, -0.05) is 0 Å². The summed E-state index contributed by atoms with van der Waals surface area (Å²) in [6.45, 7) is 5.73. The van der Waals surface area contributed by atoms with Gasteiger partial charge in [-0.15, -0.1) is 10.2 Å². The Kier molecular flexibility index (Phi) is 3.79. The molecule has 0 aliphatic carbocycles. The minimum atomic E-state index is -0.984. The minimum Gasteiger partial charge on any atom is -0.480 e. The SMILES string of the molecule is Cc1nnc(COCC(=O)O)n1C(C)C. The summed E-state index contributed by atoms with van der Waals surface area (Å²) >= 11 is 0. The van der Waals surface area contributed by atoms with Gasteiger partial charge in [0.15, 0.2) is 5.82 Å². The van der Waals surface area contributed by atoms with E-state index in [0.717, 1.165) is 5.82 Å². The van der Waals surface area contributed by atoms with E-state index in [0.29, 0.717) is 5.82 Å². The molecule has 15 heavy (non-hydrogen) atoms. The fourth-order valence-corrected chi connectivity index (χ4v) is 1.41. The first-order valence-electron chi connectivity index (χ1n) is 4.72. The molecule has 0 saturated heterocycles. The largest absolute Gasteiger partial charge is 0.480 e. The van der Waals surface area contributed by atoms with Crippen LogP contribution in [-0.2, 0) is 16.1 Å². The van der Waals surface area contributed by atoms with Gasteiger partial charge in [0.05, 0.1) is 0 Å². The zero-order valence-corrected chi connectivity index (χ0v) is 9.10.